The van der Waals surface area contributed by atoms with Gasteiger partial charge in [-0.25, -0.2) is 23.5 Å². The summed E-state index contributed by atoms with van der Waals surface area (Å²) in [7, 11) is 1.44. The fraction of sp³-hybridized carbons (Fsp3) is 0.265. The first-order chi connectivity index (χ1) is 23.9. The summed E-state index contributed by atoms with van der Waals surface area (Å²) in [5.41, 5.74) is 5.25. The zero-order valence-electron chi connectivity index (χ0n) is 27.2. The van der Waals surface area contributed by atoms with E-state index in [1.807, 2.05) is 0 Å². The Labute approximate surface area is 289 Å². The van der Waals surface area contributed by atoms with E-state index in [-0.39, 0.29) is 31.1 Å². The molecule has 3 N–H and O–H groups in total. The lowest BCUT2D eigenvalue weighted by molar-refractivity contribution is -0.753. The summed E-state index contributed by atoms with van der Waals surface area (Å²) in [6, 6.07) is 15.0. The number of rotatable bonds is 12. The van der Waals surface area contributed by atoms with Gasteiger partial charge >= 0.3 is 12.1 Å². The minimum absolute atomic E-state index is 0.154. The van der Waals surface area contributed by atoms with Crippen LogP contribution >= 0.6 is 11.3 Å². The van der Waals surface area contributed by atoms with Gasteiger partial charge in [0.05, 0.1) is 28.9 Å². The van der Waals surface area contributed by atoms with E-state index in [1.165, 1.54) is 46.5 Å². The van der Waals surface area contributed by atoms with Gasteiger partial charge in [-0.1, -0.05) is 25.1 Å². The molecule has 16 heteroatoms. The molecule has 1 amide bonds. The zero-order valence-corrected chi connectivity index (χ0v) is 28.1. The molecule has 258 valence electrons. The molecule has 0 saturated carbocycles. The summed E-state index contributed by atoms with van der Waals surface area (Å²) >= 11 is 1.24. The minimum atomic E-state index is -2.04. The highest BCUT2D eigenvalue weighted by atomic mass is 32.1. The van der Waals surface area contributed by atoms with Crippen LogP contribution in [0.15, 0.2) is 78.8 Å². The van der Waals surface area contributed by atoms with Crippen LogP contribution < -0.4 is 15.2 Å². The lowest BCUT2D eigenvalue weighted by atomic mass is 9.82. The number of hydrogen-bond donors (Lipinski definition) is 2. The van der Waals surface area contributed by atoms with Gasteiger partial charge in [-0.15, -0.1) is 16.0 Å². The van der Waals surface area contributed by atoms with Crippen molar-refractivity contribution in [3.63, 3.8) is 0 Å². The van der Waals surface area contributed by atoms with Crippen molar-refractivity contribution in [3.8, 4) is 17.3 Å². The Bertz CT molecular complexity index is 2030. The Morgan fingerprint density at radius 2 is 1.96 bits per heavy atom. The second kappa shape index (κ2) is 15.3. The number of nitriles is 1. The van der Waals surface area contributed by atoms with E-state index in [0.29, 0.717) is 21.8 Å². The van der Waals surface area contributed by atoms with Crippen molar-refractivity contribution in [3.05, 3.63) is 112 Å². The number of amides is 1. The number of pyridine rings is 1. The number of halogens is 2. The molecule has 3 aromatic heterocycles. The number of nitrogens with two attached hydrogens (primary N) is 1. The van der Waals surface area contributed by atoms with Crippen molar-refractivity contribution in [1.82, 2.24) is 19.7 Å². The molecule has 3 unspecified atom stereocenters. The maximum atomic E-state index is 15.3. The standard InChI is InChI=1S/C34H33F2N8O5S/c1-21(32-41-29(17-50-32)24-8-6-23(14-37)7-9-24)34(47,27-13-26(35)10-11-28(27)36)18-44-20-43(19-40-44)22(2)49-33(46)42(3)31-25(5-4-12-39-31)16-48-30(45)15-38/h4-13,17,19-22,47H,15-16,18,38H2,1-3H3/q+1. The third-order valence-electron chi connectivity index (χ3n) is 8.02. The molecule has 2 aromatic carbocycles. The van der Waals surface area contributed by atoms with Crippen molar-refractivity contribution in [2.24, 2.45) is 5.73 Å². The first-order valence-corrected chi connectivity index (χ1v) is 16.1. The second-order valence-corrected chi connectivity index (χ2v) is 12.2. The topological polar surface area (TPSA) is 173 Å². The van der Waals surface area contributed by atoms with E-state index < -0.39 is 41.4 Å². The van der Waals surface area contributed by atoms with Gasteiger partial charge in [-0.2, -0.15) is 9.83 Å². The van der Waals surface area contributed by atoms with Crippen LogP contribution in [0.25, 0.3) is 11.3 Å². The smallest absolute Gasteiger partial charge is 0.418 e. The van der Waals surface area contributed by atoms with Gasteiger partial charge in [0, 0.05) is 53.3 Å². The molecule has 0 bridgehead atoms. The monoisotopic (exact) mass is 703 g/mol. The number of anilines is 1. The lowest BCUT2D eigenvalue weighted by Gasteiger charge is -2.32. The first kappa shape index (κ1) is 35.7. The van der Waals surface area contributed by atoms with Gasteiger partial charge in [-0.05, 0) is 36.4 Å². The summed E-state index contributed by atoms with van der Waals surface area (Å²) < 4.78 is 43.3. The van der Waals surface area contributed by atoms with Gasteiger partial charge in [0.25, 0.3) is 6.33 Å². The Balaban J connectivity index is 1.36. The van der Waals surface area contributed by atoms with Crippen LogP contribution in [-0.2, 0) is 33.0 Å². The number of carbonyl (C=O) groups is 2. The number of ether oxygens (including phenoxy) is 2. The van der Waals surface area contributed by atoms with E-state index in [4.69, 9.17) is 20.5 Å². The van der Waals surface area contributed by atoms with E-state index >= 15 is 4.39 Å². The van der Waals surface area contributed by atoms with Crippen LogP contribution in [0, 0.1) is 23.0 Å². The molecule has 13 nitrogen and oxygen atoms in total. The number of carbonyl (C=O) groups excluding carboxylic acids is 2. The fourth-order valence-corrected chi connectivity index (χ4v) is 6.09. The summed E-state index contributed by atoms with van der Waals surface area (Å²) in [5, 5.41) is 27.9. The van der Waals surface area contributed by atoms with E-state index in [9.17, 15) is 19.1 Å². The van der Waals surface area contributed by atoms with Crippen LogP contribution in [-0.4, -0.2) is 50.5 Å². The third-order valence-corrected chi connectivity index (χ3v) is 9.05. The van der Waals surface area contributed by atoms with Crippen LogP contribution in [0.1, 0.15) is 47.7 Å². The van der Waals surface area contributed by atoms with E-state index in [1.54, 1.807) is 55.6 Å². The molecular formula is C34H33F2N8O5S+. The number of nitrogens with zero attached hydrogens (tertiary/aromatic N) is 7. The van der Waals surface area contributed by atoms with Crippen molar-refractivity contribution in [1.29, 1.82) is 5.26 Å². The van der Waals surface area contributed by atoms with Crippen LogP contribution in [0.5, 0.6) is 0 Å². The largest absolute Gasteiger partial charge is 0.460 e. The van der Waals surface area contributed by atoms with Crippen molar-refractivity contribution in [2.45, 2.75) is 44.7 Å². The number of esters is 1. The van der Waals surface area contributed by atoms with Crippen LogP contribution in [0.2, 0.25) is 0 Å². The normalized spacial score (nSPS) is 13.5. The van der Waals surface area contributed by atoms with Crippen molar-refractivity contribution < 1.29 is 37.5 Å². The average Bonchev–Trinajstić information content (AvgIpc) is 3.81. The molecule has 50 heavy (non-hydrogen) atoms. The summed E-state index contributed by atoms with van der Waals surface area (Å²) in [5.74, 6) is -2.82. The molecule has 0 aliphatic heterocycles. The molecule has 5 rings (SSSR count). The maximum Gasteiger partial charge on any atom is 0.418 e. The van der Waals surface area contributed by atoms with Gasteiger partial charge in [0.15, 0.2) is 0 Å². The van der Waals surface area contributed by atoms with Crippen LogP contribution in [0.4, 0.5) is 19.4 Å². The number of benzene rings is 2. The predicted molar refractivity (Wildman–Crippen MR) is 176 cm³/mol. The van der Waals surface area contributed by atoms with Crippen molar-refractivity contribution >= 4 is 29.2 Å². The zero-order chi connectivity index (χ0) is 36.0. The molecule has 0 aliphatic carbocycles. The maximum absolute atomic E-state index is 15.3. The fourth-order valence-electron chi connectivity index (χ4n) is 5.11. The average molecular weight is 704 g/mol. The van der Waals surface area contributed by atoms with Crippen LogP contribution in [0.3, 0.4) is 0 Å². The van der Waals surface area contributed by atoms with Gasteiger partial charge in [0.1, 0.15) is 36.2 Å². The second-order valence-electron chi connectivity index (χ2n) is 11.3. The van der Waals surface area contributed by atoms with E-state index in [2.05, 4.69) is 21.1 Å². The van der Waals surface area contributed by atoms with Gasteiger partial charge in [-0.3, -0.25) is 9.69 Å². The molecule has 0 saturated heterocycles. The Kier molecular flexibility index (Phi) is 10.9. The Morgan fingerprint density at radius 1 is 1.20 bits per heavy atom. The highest BCUT2D eigenvalue weighted by Crippen LogP contribution is 2.41. The molecule has 0 fully saturated rings. The highest BCUT2D eigenvalue weighted by molar-refractivity contribution is 7.10. The SMILES string of the molecule is CC(OC(=O)N(C)c1ncccc1COC(=O)CN)[n+]1cnn(CC(O)(c2cc(F)ccc2F)C(C)c2nc(-c3ccc(C#N)cc3)cs2)c1. The molecule has 3 heterocycles. The Morgan fingerprint density at radius 3 is 2.68 bits per heavy atom. The minimum Gasteiger partial charge on any atom is -0.460 e. The molecule has 5 aromatic rings. The Hall–Kier alpha value is -5.63. The molecular weight excluding hydrogens is 670 g/mol. The predicted octanol–water partition coefficient (Wildman–Crippen LogP) is 4.32. The van der Waals surface area contributed by atoms with E-state index in [0.717, 1.165) is 28.7 Å². The third kappa shape index (κ3) is 7.81. The summed E-state index contributed by atoms with van der Waals surface area (Å²) in [6.45, 7) is 2.47. The molecule has 0 radical (unpaired) electrons. The molecule has 0 spiro atoms. The first-order valence-electron chi connectivity index (χ1n) is 15.2. The number of thiazole rings is 1. The summed E-state index contributed by atoms with van der Waals surface area (Å²) in [6.07, 6.45) is 2.59. The number of hydrogen-bond acceptors (Lipinski definition) is 11. The lowest BCUT2D eigenvalue weighted by Crippen LogP contribution is -2.42. The van der Waals surface area contributed by atoms with Crippen molar-refractivity contribution in [2.75, 3.05) is 18.5 Å². The highest BCUT2D eigenvalue weighted by Gasteiger charge is 2.43. The quantitative estimate of drug-likeness (QED) is 0.141. The van der Waals surface area contributed by atoms with Gasteiger partial charge < -0.3 is 20.3 Å². The molecule has 3 atom stereocenters. The molecule has 0 aliphatic rings. The number of aliphatic hydroxyl groups is 1. The number of aromatic nitrogens is 5. The van der Waals surface area contributed by atoms with Gasteiger partial charge in [0.2, 0.25) is 12.6 Å². The summed E-state index contributed by atoms with van der Waals surface area (Å²) in [4.78, 5) is 34.7.